The summed E-state index contributed by atoms with van der Waals surface area (Å²) in [6.07, 6.45) is 0.799. The number of likely N-dealkylation sites (N-methyl/N-ethyl adjacent to an activating group) is 1. The van der Waals surface area contributed by atoms with Gasteiger partial charge in [0.2, 0.25) is 5.91 Å². The van der Waals surface area contributed by atoms with Crippen LogP contribution in [0.3, 0.4) is 0 Å². The number of carbonyl (C=O) groups is 5. The van der Waals surface area contributed by atoms with Gasteiger partial charge in [-0.25, -0.2) is 0 Å². The zero-order chi connectivity index (χ0) is 25.1. The van der Waals surface area contributed by atoms with Gasteiger partial charge in [-0.3, -0.25) is 28.9 Å². The van der Waals surface area contributed by atoms with Crippen molar-refractivity contribution in [2.45, 2.75) is 37.8 Å². The lowest BCUT2D eigenvalue weighted by Gasteiger charge is -2.52. The van der Waals surface area contributed by atoms with Crippen molar-refractivity contribution in [2.24, 2.45) is 29.4 Å². The predicted octanol–water partition coefficient (Wildman–Crippen LogP) is -0.371. The molecule has 0 aromatic heterocycles. The van der Waals surface area contributed by atoms with Crippen LogP contribution < -0.4 is 5.73 Å². The summed E-state index contributed by atoms with van der Waals surface area (Å²) in [7, 11) is 3.09. The molecule has 9 heteroatoms. The van der Waals surface area contributed by atoms with Gasteiger partial charge in [0.05, 0.1) is 17.5 Å². The van der Waals surface area contributed by atoms with E-state index in [1.165, 1.54) is 11.0 Å². The predicted molar refractivity (Wildman–Crippen MR) is 119 cm³/mol. The number of phenolic OH excluding ortho intramolecular Hbond substituents is 1. The van der Waals surface area contributed by atoms with Crippen LogP contribution in [0.5, 0.6) is 5.75 Å². The lowest BCUT2D eigenvalue weighted by atomic mass is 9.52. The lowest BCUT2D eigenvalue weighted by Crippen LogP contribution is -2.74. The fraction of sp³-hybridized carbons (Fsp3) is 0.480. The molecule has 178 valence electrons. The highest BCUT2D eigenvalue weighted by Gasteiger charge is 2.69. The molecule has 4 rings (SSSR count). The van der Waals surface area contributed by atoms with Crippen LogP contribution in [0.25, 0.3) is 0 Å². The van der Waals surface area contributed by atoms with Crippen LogP contribution in [0.2, 0.25) is 0 Å². The van der Waals surface area contributed by atoms with Gasteiger partial charge in [-0.05, 0) is 50.6 Å². The molecule has 3 aliphatic rings. The van der Waals surface area contributed by atoms with Crippen LogP contribution in [-0.2, 0) is 25.6 Å². The van der Waals surface area contributed by atoms with Crippen molar-refractivity contribution in [3.8, 4) is 17.6 Å². The van der Waals surface area contributed by atoms with Gasteiger partial charge in [0.25, 0.3) is 0 Å². The molecule has 1 aromatic rings. The number of nitrogens with two attached hydrogens (primary N) is 1. The molecule has 0 radical (unpaired) electrons. The van der Waals surface area contributed by atoms with E-state index in [0.717, 1.165) is 0 Å². The van der Waals surface area contributed by atoms with E-state index >= 15 is 0 Å². The number of Topliss-reactive ketones (excluding diaryl/α,β-unsaturated/α-hetero) is 4. The number of primary amides is 1. The third-order valence-electron chi connectivity index (χ3n) is 7.34. The molecule has 2 fully saturated rings. The van der Waals surface area contributed by atoms with Crippen molar-refractivity contribution in [3.63, 3.8) is 0 Å². The summed E-state index contributed by atoms with van der Waals surface area (Å²) < 4.78 is 0. The Labute approximate surface area is 196 Å². The van der Waals surface area contributed by atoms with E-state index in [0.29, 0.717) is 17.5 Å². The zero-order valence-corrected chi connectivity index (χ0v) is 19.1. The average molecular weight is 466 g/mol. The Morgan fingerprint density at radius 1 is 1.21 bits per heavy atom. The number of aromatic hydroxyl groups is 1. The monoisotopic (exact) mass is 466 g/mol. The summed E-state index contributed by atoms with van der Waals surface area (Å²) >= 11 is 0. The van der Waals surface area contributed by atoms with Crippen molar-refractivity contribution in [3.05, 3.63) is 28.8 Å². The minimum Gasteiger partial charge on any atom is -0.507 e. The molecule has 4 N–H and O–H groups in total. The van der Waals surface area contributed by atoms with Gasteiger partial charge in [0.1, 0.15) is 5.75 Å². The first-order chi connectivity index (χ1) is 16.0. The van der Waals surface area contributed by atoms with Gasteiger partial charge in [0, 0.05) is 17.9 Å². The summed E-state index contributed by atoms with van der Waals surface area (Å²) in [4.78, 5) is 66.9. The normalized spacial score (nSPS) is 32.4. The van der Waals surface area contributed by atoms with E-state index < -0.39 is 64.4 Å². The van der Waals surface area contributed by atoms with E-state index in [-0.39, 0.29) is 24.2 Å². The Kier molecular flexibility index (Phi) is 5.70. The standard InChI is InChI=1S/C25H26N2O7/c1-4-5-6-11-7-8-15(28)17-13(11)9-12-10-14-19(27(2)3)21(30)18(24(26)33)23(32)25(14,34)22(31)16(12)20(17)29/h7-8,12,14,16,18-19,28,34H,4,9-10H2,1-3H3,(H2,26,33)/t12-,14-,16?,18?,19-,25-/m1/s1. The highest BCUT2D eigenvalue weighted by Crippen LogP contribution is 2.50. The number of phenols is 1. The van der Waals surface area contributed by atoms with Crippen LogP contribution in [-0.4, -0.2) is 69.9 Å². The minimum atomic E-state index is -2.72. The van der Waals surface area contributed by atoms with E-state index in [9.17, 15) is 34.2 Å². The fourth-order valence-corrected chi connectivity index (χ4v) is 5.91. The average Bonchev–Trinajstić information content (AvgIpc) is 2.75. The van der Waals surface area contributed by atoms with Crippen LogP contribution >= 0.6 is 0 Å². The van der Waals surface area contributed by atoms with Crippen LogP contribution in [0.4, 0.5) is 0 Å². The first-order valence-corrected chi connectivity index (χ1v) is 11.1. The third kappa shape index (κ3) is 3.13. The molecule has 0 heterocycles. The number of fused-ring (bicyclic) bond motifs is 3. The highest BCUT2D eigenvalue weighted by molar-refractivity contribution is 6.32. The van der Waals surface area contributed by atoms with Crippen molar-refractivity contribution in [1.29, 1.82) is 0 Å². The first kappa shape index (κ1) is 23.8. The number of benzene rings is 1. The summed E-state index contributed by atoms with van der Waals surface area (Å²) in [6, 6.07) is 1.82. The molecule has 0 spiro atoms. The van der Waals surface area contributed by atoms with Crippen LogP contribution in [0.15, 0.2) is 12.1 Å². The second-order valence-corrected chi connectivity index (χ2v) is 9.43. The molecular weight excluding hydrogens is 440 g/mol. The van der Waals surface area contributed by atoms with Gasteiger partial charge in [0.15, 0.2) is 34.7 Å². The molecule has 2 saturated carbocycles. The molecular formula is C25H26N2O7. The fourth-order valence-electron chi connectivity index (χ4n) is 5.91. The van der Waals surface area contributed by atoms with Gasteiger partial charge < -0.3 is 15.9 Å². The lowest BCUT2D eigenvalue weighted by molar-refractivity contribution is -0.181. The van der Waals surface area contributed by atoms with Gasteiger partial charge in [-0.15, -0.1) is 0 Å². The summed E-state index contributed by atoms with van der Waals surface area (Å²) in [5, 5.41) is 22.0. The number of amides is 1. The van der Waals surface area contributed by atoms with Crippen molar-refractivity contribution >= 4 is 29.0 Å². The van der Waals surface area contributed by atoms with Gasteiger partial charge in [-0.2, -0.15) is 0 Å². The number of ketones is 4. The van der Waals surface area contributed by atoms with Crippen LogP contribution in [0, 0.1) is 35.5 Å². The molecule has 9 nitrogen and oxygen atoms in total. The van der Waals surface area contributed by atoms with Crippen molar-refractivity contribution in [1.82, 2.24) is 4.90 Å². The molecule has 34 heavy (non-hydrogen) atoms. The quantitative estimate of drug-likeness (QED) is 0.394. The Balaban J connectivity index is 1.88. The number of carbonyl (C=O) groups excluding carboxylic acids is 5. The molecule has 6 atom stereocenters. The van der Waals surface area contributed by atoms with E-state index in [1.807, 2.05) is 6.92 Å². The smallest absolute Gasteiger partial charge is 0.235 e. The SMILES string of the molecule is CCC#Cc1ccc(O)c2c1C[C@@H]1C[C@@H]3[C@@H](N(C)C)C(=O)C(C(N)=O)C(=O)[C@]3(O)C(=O)C1C2=O. The van der Waals surface area contributed by atoms with E-state index in [4.69, 9.17) is 5.73 Å². The summed E-state index contributed by atoms with van der Waals surface area (Å²) in [5.74, 6) is -4.58. The molecule has 2 unspecified atom stereocenters. The van der Waals surface area contributed by atoms with E-state index in [2.05, 4.69) is 11.8 Å². The maximum Gasteiger partial charge on any atom is 0.235 e. The number of hydrogen-bond acceptors (Lipinski definition) is 8. The topological polar surface area (TPSA) is 155 Å². The van der Waals surface area contributed by atoms with E-state index in [1.54, 1.807) is 20.2 Å². The van der Waals surface area contributed by atoms with Crippen molar-refractivity contribution in [2.75, 3.05) is 14.1 Å². The second-order valence-electron chi connectivity index (χ2n) is 9.43. The maximum absolute atomic E-state index is 13.7. The van der Waals surface area contributed by atoms with Crippen LogP contribution in [0.1, 0.15) is 41.3 Å². The first-order valence-electron chi connectivity index (χ1n) is 11.1. The molecule has 1 aromatic carbocycles. The zero-order valence-electron chi connectivity index (χ0n) is 19.1. The number of rotatable bonds is 2. The van der Waals surface area contributed by atoms with Gasteiger partial charge >= 0.3 is 0 Å². The molecule has 0 aliphatic heterocycles. The minimum absolute atomic E-state index is 0.0141. The summed E-state index contributed by atoms with van der Waals surface area (Å²) in [6.45, 7) is 1.87. The Hall–Kier alpha value is -3.35. The molecule has 0 saturated heterocycles. The number of hydrogen-bond donors (Lipinski definition) is 3. The number of nitrogens with zero attached hydrogens (tertiary/aromatic N) is 1. The number of aliphatic hydroxyl groups is 1. The van der Waals surface area contributed by atoms with Crippen molar-refractivity contribution < 1.29 is 34.2 Å². The summed E-state index contributed by atoms with van der Waals surface area (Å²) in [5.41, 5.74) is 3.61. The molecule has 1 amide bonds. The Morgan fingerprint density at radius 2 is 1.88 bits per heavy atom. The largest absolute Gasteiger partial charge is 0.507 e. The Bertz CT molecular complexity index is 1210. The third-order valence-corrected chi connectivity index (χ3v) is 7.34. The molecule has 0 bridgehead atoms. The maximum atomic E-state index is 13.7. The van der Waals surface area contributed by atoms with Gasteiger partial charge in [-0.1, -0.05) is 18.8 Å². The second kappa shape index (κ2) is 8.15. The Morgan fingerprint density at radius 3 is 2.47 bits per heavy atom. The molecule has 3 aliphatic carbocycles. The highest BCUT2D eigenvalue weighted by atomic mass is 16.3.